The van der Waals surface area contributed by atoms with Gasteiger partial charge in [-0.2, -0.15) is 0 Å². The van der Waals surface area contributed by atoms with Gasteiger partial charge in [-0.05, 0) is 33.6 Å². The van der Waals surface area contributed by atoms with E-state index in [0.29, 0.717) is 18.2 Å². The van der Waals surface area contributed by atoms with Crippen LogP contribution < -0.4 is 5.32 Å². The van der Waals surface area contributed by atoms with Gasteiger partial charge in [0.25, 0.3) is 0 Å². The summed E-state index contributed by atoms with van der Waals surface area (Å²) in [5, 5.41) is 3.49. The lowest BCUT2D eigenvalue weighted by atomic mass is 9.98. The van der Waals surface area contributed by atoms with Crippen LogP contribution in [0.2, 0.25) is 0 Å². The Labute approximate surface area is 81.5 Å². The summed E-state index contributed by atoms with van der Waals surface area (Å²) in [6.45, 7) is 7.37. The zero-order valence-electron chi connectivity index (χ0n) is 8.17. The van der Waals surface area contributed by atoms with Gasteiger partial charge in [-0.3, -0.25) is 0 Å². The molecule has 1 rings (SSSR count). The van der Waals surface area contributed by atoms with Gasteiger partial charge < -0.3 is 10.1 Å². The van der Waals surface area contributed by atoms with E-state index in [1.165, 1.54) is 0 Å². The molecule has 0 bridgehead atoms. The number of nitrogens with one attached hydrogen (secondary N) is 1. The fourth-order valence-corrected chi connectivity index (χ4v) is 1.88. The van der Waals surface area contributed by atoms with E-state index in [4.69, 9.17) is 4.74 Å². The fourth-order valence-electron chi connectivity index (χ4n) is 1.88. The Morgan fingerprint density at radius 1 is 1.25 bits per heavy atom. The lowest BCUT2D eigenvalue weighted by Gasteiger charge is -2.32. The summed E-state index contributed by atoms with van der Waals surface area (Å²) in [5.74, 6) is 0. The molecule has 0 radical (unpaired) electrons. The van der Waals surface area contributed by atoms with Crippen LogP contribution in [0.15, 0.2) is 0 Å². The Morgan fingerprint density at radius 3 is 2.17 bits per heavy atom. The standard InChI is InChI=1S/C9H19NO.ClH/c1-4-11-9-5-7(2)10-8(3)6-9;/h7-10H,4-6H2,1-3H3;1H. The summed E-state index contributed by atoms with van der Waals surface area (Å²) in [7, 11) is 0. The molecule has 1 aliphatic rings. The molecule has 1 N–H and O–H groups in total. The van der Waals surface area contributed by atoms with Crippen molar-refractivity contribution in [2.24, 2.45) is 0 Å². The second-order valence-corrected chi connectivity index (χ2v) is 3.52. The first-order valence-corrected chi connectivity index (χ1v) is 4.60. The summed E-state index contributed by atoms with van der Waals surface area (Å²) in [6.07, 6.45) is 2.82. The fraction of sp³-hybridized carbons (Fsp3) is 1.00. The molecule has 0 spiro atoms. The quantitative estimate of drug-likeness (QED) is 0.724. The van der Waals surface area contributed by atoms with Gasteiger partial charge in [-0.15, -0.1) is 12.4 Å². The highest BCUT2D eigenvalue weighted by molar-refractivity contribution is 5.85. The molecule has 0 amide bonds. The highest BCUT2D eigenvalue weighted by Crippen LogP contribution is 2.15. The number of piperidine rings is 1. The zero-order chi connectivity index (χ0) is 8.27. The largest absolute Gasteiger partial charge is 0.378 e. The summed E-state index contributed by atoms with van der Waals surface area (Å²) < 4.78 is 5.58. The number of ether oxygens (including phenoxy) is 1. The van der Waals surface area contributed by atoms with E-state index in [9.17, 15) is 0 Å². The highest BCUT2D eigenvalue weighted by atomic mass is 35.5. The molecule has 0 aromatic heterocycles. The molecule has 1 heterocycles. The Hall–Kier alpha value is 0.210. The van der Waals surface area contributed by atoms with E-state index >= 15 is 0 Å². The number of rotatable bonds is 2. The van der Waals surface area contributed by atoms with E-state index in [-0.39, 0.29) is 12.4 Å². The first kappa shape index (κ1) is 12.2. The molecule has 3 heteroatoms. The minimum absolute atomic E-state index is 0. The Bertz CT molecular complexity index is 111. The van der Waals surface area contributed by atoms with Crippen molar-refractivity contribution in [2.75, 3.05) is 6.61 Å². The first-order chi connectivity index (χ1) is 5.22. The molecule has 0 aliphatic carbocycles. The van der Waals surface area contributed by atoms with Gasteiger partial charge in [0.1, 0.15) is 0 Å². The average molecular weight is 194 g/mol. The topological polar surface area (TPSA) is 21.3 Å². The van der Waals surface area contributed by atoms with Crippen LogP contribution in [0.25, 0.3) is 0 Å². The van der Waals surface area contributed by atoms with Crippen molar-refractivity contribution in [3.63, 3.8) is 0 Å². The van der Waals surface area contributed by atoms with Crippen LogP contribution >= 0.6 is 12.4 Å². The Kier molecular flexibility index (Phi) is 5.89. The molecule has 0 saturated carbocycles. The van der Waals surface area contributed by atoms with E-state index in [1.807, 2.05) is 0 Å². The predicted molar refractivity (Wildman–Crippen MR) is 54.0 cm³/mol. The van der Waals surface area contributed by atoms with Crippen molar-refractivity contribution in [3.05, 3.63) is 0 Å². The maximum absolute atomic E-state index is 5.58. The molecule has 12 heavy (non-hydrogen) atoms. The van der Waals surface area contributed by atoms with Crippen LogP contribution in [0.3, 0.4) is 0 Å². The summed E-state index contributed by atoms with van der Waals surface area (Å²) in [5.41, 5.74) is 0. The zero-order valence-corrected chi connectivity index (χ0v) is 8.99. The van der Waals surface area contributed by atoms with Crippen LogP contribution in [0.5, 0.6) is 0 Å². The van der Waals surface area contributed by atoms with Crippen molar-refractivity contribution in [2.45, 2.75) is 51.8 Å². The van der Waals surface area contributed by atoms with E-state index in [0.717, 1.165) is 19.4 Å². The van der Waals surface area contributed by atoms with Gasteiger partial charge in [0.2, 0.25) is 0 Å². The van der Waals surface area contributed by atoms with Crippen LogP contribution in [0.4, 0.5) is 0 Å². The van der Waals surface area contributed by atoms with E-state index in [1.54, 1.807) is 0 Å². The van der Waals surface area contributed by atoms with Gasteiger partial charge >= 0.3 is 0 Å². The third kappa shape index (κ3) is 3.74. The number of halogens is 1. The molecular formula is C9H20ClNO. The molecule has 1 fully saturated rings. The van der Waals surface area contributed by atoms with Gasteiger partial charge in [0.15, 0.2) is 0 Å². The minimum Gasteiger partial charge on any atom is -0.378 e. The van der Waals surface area contributed by atoms with Crippen molar-refractivity contribution >= 4 is 12.4 Å². The van der Waals surface area contributed by atoms with Crippen molar-refractivity contribution in [3.8, 4) is 0 Å². The lowest BCUT2D eigenvalue weighted by Crippen LogP contribution is -2.45. The molecule has 2 nitrogen and oxygen atoms in total. The maximum Gasteiger partial charge on any atom is 0.0604 e. The molecule has 1 saturated heterocycles. The smallest absolute Gasteiger partial charge is 0.0604 e. The molecule has 2 unspecified atom stereocenters. The third-order valence-electron chi connectivity index (χ3n) is 2.20. The molecular weight excluding hydrogens is 174 g/mol. The normalized spacial score (nSPS) is 35.8. The average Bonchev–Trinajstić information content (AvgIpc) is 1.85. The van der Waals surface area contributed by atoms with E-state index < -0.39 is 0 Å². The van der Waals surface area contributed by atoms with Crippen LogP contribution in [-0.4, -0.2) is 24.8 Å². The van der Waals surface area contributed by atoms with Crippen LogP contribution in [-0.2, 0) is 4.74 Å². The second kappa shape index (κ2) is 5.79. The molecule has 0 aromatic carbocycles. The van der Waals surface area contributed by atoms with Gasteiger partial charge in [-0.1, -0.05) is 0 Å². The Morgan fingerprint density at radius 2 is 1.75 bits per heavy atom. The molecule has 2 atom stereocenters. The SMILES string of the molecule is CCOC1CC(C)NC(C)C1.Cl. The van der Waals surface area contributed by atoms with Crippen LogP contribution in [0, 0.1) is 0 Å². The first-order valence-electron chi connectivity index (χ1n) is 4.60. The van der Waals surface area contributed by atoms with Crippen molar-refractivity contribution in [1.82, 2.24) is 5.32 Å². The van der Waals surface area contributed by atoms with Gasteiger partial charge in [0.05, 0.1) is 6.10 Å². The van der Waals surface area contributed by atoms with E-state index in [2.05, 4.69) is 26.1 Å². The van der Waals surface area contributed by atoms with Crippen molar-refractivity contribution in [1.29, 1.82) is 0 Å². The number of hydrogen-bond acceptors (Lipinski definition) is 2. The predicted octanol–water partition coefficient (Wildman–Crippen LogP) is 1.97. The Balaban J connectivity index is 0.00000121. The second-order valence-electron chi connectivity index (χ2n) is 3.52. The molecule has 74 valence electrons. The lowest BCUT2D eigenvalue weighted by molar-refractivity contribution is 0.0213. The summed E-state index contributed by atoms with van der Waals surface area (Å²) >= 11 is 0. The maximum atomic E-state index is 5.58. The minimum atomic E-state index is 0. The van der Waals surface area contributed by atoms with Gasteiger partial charge in [-0.25, -0.2) is 0 Å². The molecule has 0 aromatic rings. The monoisotopic (exact) mass is 193 g/mol. The molecule has 1 aliphatic heterocycles. The summed E-state index contributed by atoms with van der Waals surface area (Å²) in [4.78, 5) is 0. The highest BCUT2D eigenvalue weighted by Gasteiger charge is 2.22. The number of hydrogen-bond donors (Lipinski definition) is 1. The third-order valence-corrected chi connectivity index (χ3v) is 2.20. The summed E-state index contributed by atoms with van der Waals surface area (Å²) in [6, 6.07) is 1.24. The van der Waals surface area contributed by atoms with Gasteiger partial charge in [0, 0.05) is 18.7 Å². The van der Waals surface area contributed by atoms with Crippen molar-refractivity contribution < 1.29 is 4.74 Å². The van der Waals surface area contributed by atoms with Crippen LogP contribution in [0.1, 0.15) is 33.6 Å².